The van der Waals surface area contributed by atoms with E-state index in [9.17, 15) is 13.2 Å². The van der Waals surface area contributed by atoms with Gasteiger partial charge in [-0.3, -0.25) is 4.79 Å². The SMILES string of the molecule is COc1ccc(C)cc1S(=O)(=O)N(CCc1ccccc1)CC(=O)N1CCC(C)CC1. The number of rotatable bonds is 8. The van der Waals surface area contributed by atoms with Crippen LogP contribution in [0.5, 0.6) is 5.75 Å². The highest BCUT2D eigenvalue weighted by atomic mass is 32.2. The third kappa shape index (κ3) is 5.86. The number of carbonyl (C=O) groups excluding carboxylic acids is 1. The first kappa shape index (κ1) is 23.3. The van der Waals surface area contributed by atoms with Crippen LogP contribution < -0.4 is 4.74 Å². The Kier molecular flexibility index (Phi) is 7.73. The molecule has 6 nitrogen and oxygen atoms in total. The number of likely N-dealkylation sites (tertiary alicyclic amines) is 1. The zero-order valence-electron chi connectivity index (χ0n) is 18.6. The van der Waals surface area contributed by atoms with Crippen LogP contribution in [0.4, 0.5) is 0 Å². The summed E-state index contributed by atoms with van der Waals surface area (Å²) >= 11 is 0. The highest BCUT2D eigenvalue weighted by Gasteiger charge is 2.31. The van der Waals surface area contributed by atoms with Gasteiger partial charge in [0.25, 0.3) is 0 Å². The van der Waals surface area contributed by atoms with E-state index in [0.717, 1.165) is 24.0 Å². The Hall–Kier alpha value is -2.38. The number of ether oxygens (including phenoxy) is 1. The Morgan fingerprint density at radius 1 is 1.13 bits per heavy atom. The van der Waals surface area contributed by atoms with Crippen LogP contribution in [0.1, 0.15) is 30.9 Å². The molecule has 3 rings (SSSR count). The summed E-state index contributed by atoms with van der Waals surface area (Å²) in [5.74, 6) is 0.739. The van der Waals surface area contributed by atoms with Gasteiger partial charge in [0.05, 0.1) is 13.7 Å². The maximum atomic E-state index is 13.6. The molecule has 0 N–H and O–H groups in total. The van der Waals surface area contributed by atoms with E-state index in [1.807, 2.05) is 43.3 Å². The lowest BCUT2D eigenvalue weighted by Gasteiger charge is -2.32. The Bertz CT molecular complexity index is 984. The number of sulfonamides is 1. The lowest BCUT2D eigenvalue weighted by molar-refractivity contribution is -0.132. The van der Waals surface area contributed by atoms with Crippen molar-refractivity contribution in [3.8, 4) is 5.75 Å². The van der Waals surface area contributed by atoms with Gasteiger partial charge in [-0.15, -0.1) is 0 Å². The standard InChI is InChI=1S/C24H32N2O4S/c1-19-11-14-25(15-12-19)24(27)18-26(16-13-21-7-5-4-6-8-21)31(28,29)23-17-20(2)9-10-22(23)30-3/h4-10,17,19H,11-16,18H2,1-3H3. The smallest absolute Gasteiger partial charge is 0.247 e. The van der Waals surface area contributed by atoms with Crippen molar-refractivity contribution in [1.82, 2.24) is 9.21 Å². The molecular formula is C24H32N2O4S. The Morgan fingerprint density at radius 2 is 1.81 bits per heavy atom. The average molecular weight is 445 g/mol. The van der Waals surface area contributed by atoms with E-state index in [4.69, 9.17) is 4.74 Å². The Morgan fingerprint density at radius 3 is 2.45 bits per heavy atom. The van der Waals surface area contributed by atoms with Crippen LogP contribution in [-0.4, -0.2) is 56.8 Å². The van der Waals surface area contributed by atoms with Crippen LogP contribution >= 0.6 is 0 Å². The number of methoxy groups -OCH3 is 1. The van der Waals surface area contributed by atoms with Gasteiger partial charge in [-0.05, 0) is 55.4 Å². The lowest BCUT2D eigenvalue weighted by atomic mass is 9.99. The zero-order valence-corrected chi connectivity index (χ0v) is 19.4. The monoisotopic (exact) mass is 444 g/mol. The molecule has 168 valence electrons. The van der Waals surface area contributed by atoms with Crippen LogP contribution in [0, 0.1) is 12.8 Å². The fourth-order valence-corrected chi connectivity index (χ4v) is 5.45. The van der Waals surface area contributed by atoms with E-state index in [-0.39, 0.29) is 29.6 Å². The molecule has 0 radical (unpaired) electrons. The third-order valence-corrected chi connectivity index (χ3v) is 7.74. The molecule has 0 bridgehead atoms. The molecule has 7 heteroatoms. The predicted octanol–water partition coefficient (Wildman–Crippen LogP) is 3.50. The van der Waals surface area contributed by atoms with Crippen molar-refractivity contribution in [3.63, 3.8) is 0 Å². The van der Waals surface area contributed by atoms with Crippen LogP contribution in [0.25, 0.3) is 0 Å². The molecule has 0 spiro atoms. The van der Waals surface area contributed by atoms with Gasteiger partial charge in [-0.1, -0.05) is 43.3 Å². The van der Waals surface area contributed by atoms with Gasteiger partial charge >= 0.3 is 0 Å². The summed E-state index contributed by atoms with van der Waals surface area (Å²) in [6, 6.07) is 14.8. The number of nitrogens with zero attached hydrogens (tertiary/aromatic N) is 2. The molecule has 31 heavy (non-hydrogen) atoms. The van der Waals surface area contributed by atoms with Gasteiger partial charge in [-0.2, -0.15) is 4.31 Å². The summed E-state index contributed by atoms with van der Waals surface area (Å²) < 4.78 is 33.9. The number of aryl methyl sites for hydroxylation is 1. The summed E-state index contributed by atoms with van der Waals surface area (Å²) in [7, 11) is -2.46. The molecule has 0 atom stereocenters. The van der Waals surface area contributed by atoms with E-state index in [0.29, 0.717) is 25.4 Å². The van der Waals surface area contributed by atoms with Gasteiger partial charge in [0.15, 0.2) is 0 Å². The molecule has 1 saturated heterocycles. The molecule has 1 heterocycles. The van der Waals surface area contributed by atoms with Crippen LogP contribution in [0.2, 0.25) is 0 Å². The van der Waals surface area contributed by atoms with E-state index in [1.54, 1.807) is 17.0 Å². The summed E-state index contributed by atoms with van der Waals surface area (Å²) in [5, 5.41) is 0. The van der Waals surface area contributed by atoms with Crippen LogP contribution in [0.15, 0.2) is 53.4 Å². The van der Waals surface area contributed by atoms with Crippen molar-refractivity contribution in [3.05, 3.63) is 59.7 Å². The van der Waals surface area contributed by atoms with Gasteiger partial charge < -0.3 is 9.64 Å². The topological polar surface area (TPSA) is 66.9 Å². The quantitative estimate of drug-likeness (QED) is 0.625. The first-order valence-corrected chi connectivity index (χ1v) is 12.2. The minimum Gasteiger partial charge on any atom is -0.495 e. The predicted molar refractivity (Wildman–Crippen MR) is 122 cm³/mol. The number of piperidine rings is 1. The molecule has 0 saturated carbocycles. The van der Waals surface area contributed by atoms with Crippen molar-refractivity contribution in [2.24, 2.45) is 5.92 Å². The Labute approximate surface area is 185 Å². The molecule has 1 aliphatic heterocycles. The van der Waals surface area contributed by atoms with E-state index < -0.39 is 10.0 Å². The van der Waals surface area contributed by atoms with Crippen LogP contribution in [-0.2, 0) is 21.2 Å². The minimum atomic E-state index is -3.92. The first-order chi connectivity index (χ1) is 14.8. The largest absolute Gasteiger partial charge is 0.495 e. The van der Waals surface area contributed by atoms with Gasteiger partial charge in [-0.25, -0.2) is 8.42 Å². The molecular weight excluding hydrogens is 412 g/mol. The molecule has 0 aromatic heterocycles. The Balaban J connectivity index is 1.87. The van der Waals surface area contributed by atoms with Crippen molar-refractivity contribution in [1.29, 1.82) is 0 Å². The molecule has 0 aliphatic carbocycles. The van der Waals surface area contributed by atoms with Crippen molar-refractivity contribution >= 4 is 15.9 Å². The highest BCUT2D eigenvalue weighted by molar-refractivity contribution is 7.89. The maximum Gasteiger partial charge on any atom is 0.247 e. The van der Waals surface area contributed by atoms with Gasteiger partial charge in [0.2, 0.25) is 15.9 Å². The second kappa shape index (κ2) is 10.3. The summed E-state index contributed by atoms with van der Waals surface area (Å²) in [6.45, 7) is 5.44. The van der Waals surface area contributed by atoms with Crippen LogP contribution in [0.3, 0.4) is 0 Å². The van der Waals surface area contributed by atoms with Crippen molar-refractivity contribution < 1.29 is 17.9 Å². The van der Waals surface area contributed by atoms with Crippen molar-refractivity contribution in [2.75, 3.05) is 33.3 Å². The molecule has 1 fully saturated rings. The van der Waals surface area contributed by atoms with E-state index in [1.165, 1.54) is 11.4 Å². The maximum absolute atomic E-state index is 13.6. The molecule has 0 unspecified atom stereocenters. The van der Waals surface area contributed by atoms with Gasteiger partial charge in [0, 0.05) is 19.6 Å². The lowest BCUT2D eigenvalue weighted by Crippen LogP contribution is -2.46. The fourth-order valence-electron chi connectivity index (χ4n) is 3.82. The highest BCUT2D eigenvalue weighted by Crippen LogP contribution is 2.28. The summed E-state index contributed by atoms with van der Waals surface area (Å²) in [6.07, 6.45) is 2.43. The number of hydrogen-bond donors (Lipinski definition) is 0. The minimum absolute atomic E-state index is 0.100. The second-order valence-electron chi connectivity index (χ2n) is 8.29. The zero-order chi connectivity index (χ0) is 22.4. The summed E-state index contributed by atoms with van der Waals surface area (Å²) in [5.41, 5.74) is 1.84. The fraction of sp³-hybridized carbons (Fsp3) is 0.458. The molecule has 2 aromatic carbocycles. The molecule has 2 aromatic rings. The third-order valence-electron chi connectivity index (χ3n) is 5.88. The number of hydrogen-bond acceptors (Lipinski definition) is 4. The molecule has 1 amide bonds. The molecule has 1 aliphatic rings. The van der Waals surface area contributed by atoms with Gasteiger partial charge in [0.1, 0.15) is 10.6 Å². The first-order valence-electron chi connectivity index (χ1n) is 10.8. The number of amides is 1. The second-order valence-corrected chi connectivity index (χ2v) is 10.2. The van der Waals surface area contributed by atoms with E-state index >= 15 is 0 Å². The number of benzene rings is 2. The van der Waals surface area contributed by atoms with E-state index in [2.05, 4.69) is 6.92 Å². The van der Waals surface area contributed by atoms with Crippen molar-refractivity contribution in [2.45, 2.75) is 38.0 Å². The number of carbonyl (C=O) groups is 1. The average Bonchev–Trinajstić information content (AvgIpc) is 2.77. The normalized spacial score (nSPS) is 15.3. The summed E-state index contributed by atoms with van der Waals surface area (Å²) in [4.78, 5) is 14.9.